The maximum absolute atomic E-state index is 8.92. The molecule has 1 rings (SSSR count). The molecule has 1 aromatic carbocycles. The molecule has 0 amide bonds. The minimum atomic E-state index is 0.223. The zero-order chi connectivity index (χ0) is 11.3. The van der Waals surface area contributed by atoms with Gasteiger partial charge in [0.1, 0.15) is 0 Å². The van der Waals surface area contributed by atoms with Gasteiger partial charge in [-0.1, -0.05) is 35.0 Å². The number of aliphatic hydroxyl groups is 1. The number of likely N-dealkylation sites (N-methyl/N-ethyl adjacent to an activating group) is 1. The first kappa shape index (κ1) is 12.7. The smallest absolute Gasteiger partial charge is 0.0558 e. The third-order valence-corrected chi connectivity index (χ3v) is 3.50. The minimum Gasteiger partial charge on any atom is -0.395 e. The lowest BCUT2D eigenvalue weighted by molar-refractivity contribution is 0.196. The summed E-state index contributed by atoms with van der Waals surface area (Å²) in [5.74, 6) is 0. The molecular formula is C12H18BrNO. The van der Waals surface area contributed by atoms with Crippen LogP contribution in [0.5, 0.6) is 0 Å². The molecule has 0 spiro atoms. The fourth-order valence-electron chi connectivity index (χ4n) is 1.55. The summed E-state index contributed by atoms with van der Waals surface area (Å²) < 4.78 is 1.15. The number of benzene rings is 1. The van der Waals surface area contributed by atoms with Crippen molar-refractivity contribution < 1.29 is 5.11 Å². The third kappa shape index (κ3) is 3.59. The maximum atomic E-state index is 8.92. The van der Waals surface area contributed by atoms with Crippen LogP contribution < -0.4 is 0 Å². The maximum Gasteiger partial charge on any atom is 0.0558 e. The van der Waals surface area contributed by atoms with E-state index in [0.29, 0.717) is 0 Å². The molecule has 15 heavy (non-hydrogen) atoms. The molecule has 0 heterocycles. The van der Waals surface area contributed by atoms with Crippen LogP contribution in [-0.2, 0) is 6.54 Å². The fourth-order valence-corrected chi connectivity index (χ4v) is 1.96. The highest BCUT2D eigenvalue weighted by Gasteiger charge is 2.06. The van der Waals surface area contributed by atoms with Crippen LogP contribution in [-0.4, -0.2) is 29.7 Å². The van der Waals surface area contributed by atoms with Crippen LogP contribution >= 0.6 is 15.9 Å². The van der Waals surface area contributed by atoms with Crippen LogP contribution in [0.3, 0.4) is 0 Å². The Balaban J connectivity index is 2.74. The number of hydrogen-bond acceptors (Lipinski definition) is 2. The molecule has 0 aromatic heterocycles. The van der Waals surface area contributed by atoms with Gasteiger partial charge in [-0.2, -0.15) is 0 Å². The van der Waals surface area contributed by atoms with E-state index in [0.717, 1.165) is 24.1 Å². The molecule has 0 unspecified atom stereocenters. The van der Waals surface area contributed by atoms with Crippen molar-refractivity contribution in [1.82, 2.24) is 4.90 Å². The van der Waals surface area contributed by atoms with Gasteiger partial charge in [0.05, 0.1) is 6.61 Å². The van der Waals surface area contributed by atoms with Crippen LogP contribution in [0.25, 0.3) is 0 Å². The molecule has 2 nitrogen and oxygen atoms in total. The van der Waals surface area contributed by atoms with Crippen molar-refractivity contribution in [2.45, 2.75) is 20.4 Å². The van der Waals surface area contributed by atoms with E-state index in [4.69, 9.17) is 5.11 Å². The Morgan fingerprint density at radius 1 is 1.40 bits per heavy atom. The normalized spacial score (nSPS) is 11.0. The van der Waals surface area contributed by atoms with Crippen LogP contribution in [0, 0.1) is 6.92 Å². The Bertz CT molecular complexity index is 314. The Labute approximate surface area is 100 Å². The number of aliphatic hydroxyl groups excluding tert-OH is 1. The molecule has 3 heteroatoms. The van der Waals surface area contributed by atoms with Crippen LogP contribution in [0.2, 0.25) is 0 Å². The van der Waals surface area contributed by atoms with Crippen molar-refractivity contribution >= 4 is 15.9 Å². The molecule has 0 saturated heterocycles. The van der Waals surface area contributed by atoms with E-state index in [2.05, 4.69) is 52.9 Å². The predicted molar refractivity (Wildman–Crippen MR) is 66.9 cm³/mol. The van der Waals surface area contributed by atoms with Gasteiger partial charge < -0.3 is 5.11 Å². The Morgan fingerprint density at radius 2 is 2.13 bits per heavy atom. The summed E-state index contributed by atoms with van der Waals surface area (Å²) in [4.78, 5) is 2.23. The van der Waals surface area contributed by atoms with Crippen LogP contribution in [0.15, 0.2) is 22.7 Å². The van der Waals surface area contributed by atoms with E-state index in [-0.39, 0.29) is 6.61 Å². The summed E-state index contributed by atoms with van der Waals surface area (Å²) >= 11 is 3.53. The second-order valence-electron chi connectivity index (χ2n) is 3.62. The van der Waals surface area contributed by atoms with Gasteiger partial charge >= 0.3 is 0 Å². The highest BCUT2D eigenvalue weighted by atomic mass is 79.9. The monoisotopic (exact) mass is 271 g/mol. The first-order valence-corrected chi connectivity index (χ1v) is 6.05. The van der Waals surface area contributed by atoms with Gasteiger partial charge in [-0.25, -0.2) is 0 Å². The molecule has 84 valence electrons. The largest absolute Gasteiger partial charge is 0.395 e. The summed E-state index contributed by atoms with van der Waals surface area (Å²) in [5.41, 5.74) is 2.61. The zero-order valence-corrected chi connectivity index (χ0v) is 10.9. The van der Waals surface area contributed by atoms with Crippen LogP contribution in [0.1, 0.15) is 18.1 Å². The van der Waals surface area contributed by atoms with Crippen molar-refractivity contribution in [3.63, 3.8) is 0 Å². The molecular weight excluding hydrogens is 254 g/mol. The molecule has 0 aliphatic carbocycles. The lowest BCUT2D eigenvalue weighted by Gasteiger charge is -2.20. The van der Waals surface area contributed by atoms with E-state index >= 15 is 0 Å². The number of rotatable bonds is 5. The highest BCUT2D eigenvalue weighted by molar-refractivity contribution is 9.10. The van der Waals surface area contributed by atoms with Gasteiger partial charge in [0.15, 0.2) is 0 Å². The van der Waals surface area contributed by atoms with E-state index in [9.17, 15) is 0 Å². The molecule has 0 atom stereocenters. The quantitative estimate of drug-likeness (QED) is 0.890. The van der Waals surface area contributed by atoms with Crippen LogP contribution in [0.4, 0.5) is 0 Å². The summed E-state index contributed by atoms with van der Waals surface area (Å²) in [6.45, 7) is 7.06. The van der Waals surface area contributed by atoms with Gasteiger partial charge in [0.2, 0.25) is 0 Å². The molecule has 1 N–H and O–H groups in total. The standard InChI is InChI=1S/C12H18BrNO/c1-3-14(7-8-15)9-11-5-4-6-12(13)10(11)2/h4-6,15H,3,7-9H2,1-2H3. The van der Waals surface area contributed by atoms with Gasteiger partial charge in [0, 0.05) is 17.6 Å². The Kier molecular flexibility index (Phi) is 5.29. The topological polar surface area (TPSA) is 23.5 Å². The average molecular weight is 272 g/mol. The summed E-state index contributed by atoms with van der Waals surface area (Å²) in [5, 5.41) is 8.92. The van der Waals surface area contributed by atoms with Crippen molar-refractivity contribution in [3.8, 4) is 0 Å². The zero-order valence-electron chi connectivity index (χ0n) is 9.33. The molecule has 0 fully saturated rings. The average Bonchev–Trinajstić information content (AvgIpc) is 2.24. The van der Waals surface area contributed by atoms with Crippen molar-refractivity contribution in [2.75, 3.05) is 19.7 Å². The van der Waals surface area contributed by atoms with E-state index in [1.54, 1.807) is 0 Å². The summed E-state index contributed by atoms with van der Waals surface area (Å²) in [6.07, 6.45) is 0. The minimum absolute atomic E-state index is 0.223. The SMILES string of the molecule is CCN(CCO)Cc1cccc(Br)c1C. The lowest BCUT2D eigenvalue weighted by atomic mass is 10.1. The second-order valence-corrected chi connectivity index (χ2v) is 4.47. The molecule has 0 aliphatic rings. The first-order chi connectivity index (χ1) is 7.19. The number of nitrogens with zero attached hydrogens (tertiary/aromatic N) is 1. The van der Waals surface area contributed by atoms with Gasteiger partial charge in [-0.3, -0.25) is 4.90 Å². The predicted octanol–water partition coefficient (Wildman–Crippen LogP) is 2.57. The molecule has 0 bridgehead atoms. The van der Waals surface area contributed by atoms with Crippen molar-refractivity contribution in [2.24, 2.45) is 0 Å². The van der Waals surface area contributed by atoms with Gasteiger partial charge in [-0.15, -0.1) is 0 Å². The van der Waals surface area contributed by atoms with E-state index in [1.165, 1.54) is 11.1 Å². The fraction of sp³-hybridized carbons (Fsp3) is 0.500. The van der Waals surface area contributed by atoms with Gasteiger partial charge in [-0.05, 0) is 30.7 Å². The van der Waals surface area contributed by atoms with E-state index < -0.39 is 0 Å². The van der Waals surface area contributed by atoms with Crippen molar-refractivity contribution in [3.05, 3.63) is 33.8 Å². The molecule has 0 aliphatic heterocycles. The summed E-state index contributed by atoms with van der Waals surface area (Å²) in [6, 6.07) is 6.25. The summed E-state index contributed by atoms with van der Waals surface area (Å²) in [7, 11) is 0. The Hall–Kier alpha value is -0.380. The number of hydrogen-bond donors (Lipinski definition) is 1. The second kappa shape index (κ2) is 6.26. The lowest BCUT2D eigenvalue weighted by Crippen LogP contribution is -2.26. The highest BCUT2D eigenvalue weighted by Crippen LogP contribution is 2.20. The first-order valence-electron chi connectivity index (χ1n) is 5.26. The molecule has 0 saturated carbocycles. The molecule has 1 aromatic rings. The third-order valence-electron chi connectivity index (χ3n) is 2.64. The van der Waals surface area contributed by atoms with Gasteiger partial charge in [0.25, 0.3) is 0 Å². The Morgan fingerprint density at radius 3 is 2.73 bits per heavy atom. The van der Waals surface area contributed by atoms with Crippen molar-refractivity contribution in [1.29, 1.82) is 0 Å². The number of halogens is 1. The molecule has 0 radical (unpaired) electrons. The van der Waals surface area contributed by atoms with E-state index in [1.807, 2.05) is 0 Å².